The van der Waals surface area contributed by atoms with Crippen molar-refractivity contribution in [2.24, 2.45) is 0 Å². The largest absolute Gasteiger partial charge is 0.508 e. The number of carboxylic acids is 1. The van der Waals surface area contributed by atoms with Crippen molar-refractivity contribution in [1.29, 1.82) is 0 Å². The van der Waals surface area contributed by atoms with Crippen molar-refractivity contribution in [2.75, 3.05) is 0 Å². The molecular weight excluding hydrogens is 213 g/mol. The molecule has 0 aliphatic carbocycles. The average molecular weight is 227 g/mol. The predicted molar refractivity (Wildman–Crippen MR) is 56.7 cm³/mol. The second-order valence-electron chi connectivity index (χ2n) is 3.65. The lowest BCUT2D eigenvalue weighted by Gasteiger charge is -2.18. The van der Waals surface area contributed by atoms with Gasteiger partial charge >= 0.3 is 5.97 Å². The fraction of sp³-hybridized carbons (Fsp3) is 0.364. The topological polar surface area (TPSA) is 69.6 Å². The maximum Gasteiger partial charge on any atom is 0.320 e. The van der Waals surface area contributed by atoms with Crippen molar-refractivity contribution < 1.29 is 19.4 Å². The minimum atomic E-state index is -0.997. The SMILES string of the molecule is CC(NC(C)c1cc(F)ccc1O)C(=O)O. The summed E-state index contributed by atoms with van der Waals surface area (Å²) < 4.78 is 12.9. The highest BCUT2D eigenvalue weighted by molar-refractivity contribution is 5.72. The summed E-state index contributed by atoms with van der Waals surface area (Å²) in [5.41, 5.74) is 0.341. The second-order valence-corrected chi connectivity index (χ2v) is 3.65. The Kier molecular flexibility index (Phi) is 3.84. The maximum absolute atomic E-state index is 12.9. The van der Waals surface area contributed by atoms with E-state index < -0.39 is 23.9 Å². The van der Waals surface area contributed by atoms with Crippen LogP contribution in [0.15, 0.2) is 18.2 Å². The zero-order chi connectivity index (χ0) is 12.3. The molecule has 0 saturated carbocycles. The fourth-order valence-electron chi connectivity index (χ4n) is 1.41. The van der Waals surface area contributed by atoms with Crippen LogP contribution in [-0.4, -0.2) is 22.2 Å². The number of aromatic hydroxyl groups is 1. The van der Waals surface area contributed by atoms with Gasteiger partial charge in [-0.05, 0) is 32.0 Å². The molecule has 2 unspecified atom stereocenters. The van der Waals surface area contributed by atoms with Crippen LogP contribution in [0, 0.1) is 5.82 Å². The monoisotopic (exact) mass is 227 g/mol. The van der Waals surface area contributed by atoms with Crippen molar-refractivity contribution in [2.45, 2.75) is 25.9 Å². The predicted octanol–water partition coefficient (Wildman–Crippen LogP) is 1.65. The molecule has 3 N–H and O–H groups in total. The lowest BCUT2D eigenvalue weighted by Crippen LogP contribution is -2.35. The van der Waals surface area contributed by atoms with E-state index in [9.17, 15) is 14.3 Å². The third kappa shape index (κ3) is 2.93. The quantitative estimate of drug-likeness (QED) is 0.731. The summed E-state index contributed by atoms with van der Waals surface area (Å²) >= 11 is 0. The molecule has 16 heavy (non-hydrogen) atoms. The van der Waals surface area contributed by atoms with E-state index in [1.807, 2.05) is 0 Å². The summed E-state index contributed by atoms with van der Waals surface area (Å²) in [5, 5.41) is 20.9. The first-order valence-corrected chi connectivity index (χ1v) is 4.89. The van der Waals surface area contributed by atoms with E-state index >= 15 is 0 Å². The normalized spacial score (nSPS) is 14.4. The molecule has 0 aromatic heterocycles. The zero-order valence-electron chi connectivity index (χ0n) is 9.07. The summed E-state index contributed by atoms with van der Waals surface area (Å²) in [4.78, 5) is 10.6. The number of nitrogens with one attached hydrogen (secondary N) is 1. The molecule has 0 heterocycles. The van der Waals surface area contributed by atoms with Gasteiger partial charge in [0.15, 0.2) is 0 Å². The van der Waals surface area contributed by atoms with E-state index in [-0.39, 0.29) is 5.75 Å². The van der Waals surface area contributed by atoms with Crippen LogP contribution in [0.4, 0.5) is 4.39 Å². The lowest BCUT2D eigenvalue weighted by atomic mass is 10.1. The van der Waals surface area contributed by atoms with Gasteiger partial charge in [-0.1, -0.05) is 0 Å². The molecular formula is C11H14FNO3. The number of halogens is 1. The van der Waals surface area contributed by atoms with Crippen LogP contribution in [0.1, 0.15) is 25.5 Å². The van der Waals surface area contributed by atoms with Gasteiger partial charge < -0.3 is 10.2 Å². The first kappa shape index (κ1) is 12.4. The molecule has 1 rings (SSSR count). The Morgan fingerprint density at radius 1 is 1.44 bits per heavy atom. The van der Waals surface area contributed by atoms with E-state index in [2.05, 4.69) is 5.32 Å². The standard InChI is InChI=1S/C11H14FNO3/c1-6(13-7(2)11(15)16)9-5-8(12)3-4-10(9)14/h3-7,13-14H,1-2H3,(H,15,16). The third-order valence-corrected chi connectivity index (χ3v) is 2.33. The number of rotatable bonds is 4. The number of carboxylic acid groups (broad SMARTS) is 1. The van der Waals surface area contributed by atoms with Crippen molar-refractivity contribution in [3.63, 3.8) is 0 Å². The number of phenols is 1. The minimum absolute atomic E-state index is 0.0565. The highest BCUT2D eigenvalue weighted by atomic mass is 19.1. The molecule has 0 aliphatic rings. The fourth-order valence-corrected chi connectivity index (χ4v) is 1.41. The number of carbonyl (C=O) groups is 1. The molecule has 0 radical (unpaired) electrons. The Morgan fingerprint density at radius 3 is 2.62 bits per heavy atom. The number of aliphatic carboxylic acids is 1. The first-order chi connectivity index (χ1) is 7.41. The Bertz CT molecular complexity index is 395. The van der Waals surface area contributed by atoms with Crippen LogP contribution in [0.2, 0.25) is 0 Å². The zero-order valence-corrected chi connectivity index (χ0v) is 9.07. The molecule has 0 saturated heterocycles. The molecule has 2 atom stereocenters. The highest BCUT2D eigenvalue weighted by Crippen LogP contribution is 2.24. The van der Waals surface area contributed by atoms with E-state index in [1.165, 1.54) is 19.1 Å². The van der Waals surface area contributed by atoms with E-state index in [1.54, 1.807) is 6.92 Å². The van der Waals surface area contributed by atoms with Crippen LogP contribution in [-0.2, 0) is 4.79 Å². The van der Waals surface area contributed by atoms with Gasteiger partial charge in [0.2, 0.25) is 0 Å². The summed E-state index contributed by atoms with van der Waals surface area (Å²) in [6, 6.07) is 2.36. The van der Waals surface area contributed by atoms with Crippen molar-refractivity contribution in [3.05, 3.63) is 29.6 Å². The second kappa shape index (κ2) is 4.94. The summed E-state index contributed by atoms with van der Waals surface area (Å²) in [5.74, 6) is -1.52. The molecule has 1 aromatic carbocycles. The van der Waals surface area contributed by atoms with Crippen LogP contribution < -0.4 is 5.32 Å². The Morgan fingerprint density at radius 2 is 2.06 bits per heavy atom. The van der Waals surface area contributed by atoms with Crippen LogP contribution >= 0.6 is 0 Å². The molecule has 0 amide bonds. The Balaban J connectivity index is 2.83. The van der Waals surface area contributed by atoms with Gasteiger partial charge in [0.05, 0.1) is 0 Å². The Hall–Kier alpha value is -1.62. The number of phenolic OH excluding ortho intramolecular Hbond substituents is 1. The van der Waals surface area contributed by atoms with E-state index in [0.717, 1.165) is 6.07 Å². The van der Waals surface area contributed by atoms with Gasteiger partial charge in [-0.25, -0.2) is 4.39 Å². The van der Waals surface area contributed by atoms with Gasteiger partial charge in [0.25, 0.3) is 0 Å². The summed E-state index contributed by atoms with van der Waals surface area (Å²) in [6.07, 6.45) is 0. The first-order valence-electron chi connectivity index (χ1n) is 4.89. The van der Waals surface area contributed by atoms with Crippen LogP contribution in [0.5, 0.6) is 5.75 Å². The van der Waals surface area contributed by atoms with E-state index in [4.69, 9.17) is 5.11 Å². The van der Waals surface area contributed by atoms with Crippen molar-refractivity contribution in [1.82, 2.24) is 5.32 Å². The highest BCUT2D eigenvalue weighted by Gasteiger charge is 2.17. The third-order valence-electron chi connectivity index (χ3n) is 2.33. The Labute approximate surface area is 92.7 Å². The van der Waals surface area contributed by atoms with Crippen LogP contribution in [0.3, 0.4) is 0 Å². The molecule has 88 valence electrons. The molecule has 1 aromatic rings. The number of hydrogen-bond donors (Lipinski definition) is 3. The van der Waals surface area contributed by atoms with Gasteiger partial charge in [0.1, 0.15) is 17.6 Å². The number of hydrogen-bond acceptors (Lipinski definition) is 3. The maximum atomic E-state index is 12.9. The van der Waals surface area contributed by atoms with Crippen molar-refractivity contribution in [3.8, 4) is 5.75 Å². The molecule has 0 aliphatic heterocycles. The molecule has 0 fully saturated rings. The van der Waals surface area contributed by atoms with Crippen LogP contribution in [0.25, 0.3) is 0 Å². The van der Waals surface area contributed by atoms with Gasteiger partial charge in [-0.15, -0.1) is 0 Å². The number of benzene rings is 1. The molecule has 0 bridgehead atoms. The average Bonchev–Trinajstić information content (AvgIpc) is 2.21. The summed E-state index contributed by atoms with van der Waals surface area (Å²) in [7, 11) is 0. The van der Waals surface area contributed by atoms with Crippen molar-refractivity contribution >= 4 is 5.97 Å². The smallest absolute Gasteiger partial charge is 0.320 e. The lowest BCUT2D eigenvalue weighted by molar-refractivity contribution is -0.139. The van der Waals surface area contributed by atoms with Gasteiger partial charge in [-0.3, -0.25) is 10.1 Å². The molecule has 5 heteroatoms. The van der Waals surface area contributed by atoms with Gasteiger partial charge in [0, 0.05) is 11.6 Å². The van der Waals surface area contributed by atoms with Gasteiger partial charge in [-0.2, -0.15) is 0 Å². The summed E-state index contributed by atoms with van der Waals surface area (Å²) in [6.45, 7) is 3.14. The molecule has 4 nitrogen and oxygen atoms in total. The minimum Gasteiger partial charge on any atom is -0.508 e. The molecule has 0 spiro atoms. The van der Waals surface area contributed by atoms with E-state index in [0.29, 0.717) is 5.56 Å².